The lowest BCUT2D eigenvalue weighted by molar-refractivity contribution is -0.129. The normalized spacial score (nSPS) is 19.9. The number of carbonyl (C=O) groups excluding carboxylic acids is 2. The molecule has 0 aromatic carbocycles. The molecule has 110 valence electrons. The minimum Gasteiger partial charge on any atom is -0.389 e. The first-order chi connectivity index (χ1) is 8.99. The molecule has 1 unspecified atom stereocenters. The first-order valence-electron chi connectivity index (χ1n) is 7.27. The van der Waals surface area contributed by atoms with Crippen molar-refractivity contribution >= 4 is 11.8 Å². The van der Waals surface area contributed by atoms with Crippen molar-refractivity contribution in [3.05, 3.63) is 0 Å². The zero-order chi connectivity index (χ0) is 14.3. The van der Waals surface area contributed by atoms with E-state index in [4.69, 9.17) is 0 Å². The van der Waals surface area contributed by atoms with Gasteiger partial charge in [0.1, 0.15) is 0 Å². The van der Waals surface area contributed by atoms with Crippen LogP contribution >= 0.6 is 0 Å². The Morgan fingerprint density at radius 3 is 2.53 bits per heavy atom. The SMILES string of the molecule is CCCC(O)(CCC)CC(=O)NC1CCC(=O)NC1. The topological polar surface area (TPSA) is 78.4 Å². The van der Waals surface area contributed by atoms with Gasteiger partial charge in [0.2, 0.25) is 11.8 Å². The Labute approximate surface area is 115 Å². The Morgan fingerprint density at radius 2 is 2.05 bits per heavy atom. The molecule has 3 N–H and O–H groups in total. The first-order valence-corrected chi connectivity index (χ1v) is 7.27. The van der Waals surface area contributed by atoms with Gasteiger partial charge in [-0.3, -0.25) is 9.59 Å². The van der Waals surface area contributed by atoms with Crippen LogP contribution in [-0.2, 0) is 9.59 Å². The molecule has 1 atom stereocenters. The number of hydrogen-bond donors (Lipinski definition) is 3. The molecular formula is C14H26N2O3. The molecule has 0 aromatic heterocycles. The summed E-state index contributed by atoms with van der Waals surface area (Å²) in [5.41, 5.74) is -0.883. The largest absolute Gasteiger partial charge is 0.389 e. The molecule has 1 rings (SSSR count). The molecule has 0 radical (unpaired) electrons. The van der Waals surface area contributed by atoms with E-state index in [0.717, 1.165) is 12.8 Å². The maximum absolute atomic E-state index is 12.0. The third kappa shape index (κ3) is 5.59. The smallest absolute Gasteiger partial charge is 0.223 e. The maximum Gasteiger partial charge on any atom is 0.223 e. The number of rotatable bonds is 7. The van der Waals surface area contributed by atoms with Crippen LogP contribution in [0.25, 0.3) is 0 Å². The standard InChI is InChI=1S/C14H26N2O3/c1-3-7-14(19,8-4-2)9-13(18)16-11-5-6-12(17)15-10-11/h11,19H,3-10H2,1-2H3,(H,15,17)(H,16,18). The van der Waals surface area contributed by atoms with Crippen molar-refractivity contribution in [3.63, 3.8) is 0 Å². The zero-order valence-corrected chi connectivity index (χ0v) is 12.0. The molecule has 5 nitrogen and oxygen atoms in total. The summed E-state index contributed by atoms with van der Waals surface area (Å²) in [6, 6.07) is -0.00213. The highest BCUT2D eigenvalue weighted by Crippen LogP contribution is 2.23. The highest BCUT2D eigenvalue weighted by atomic mass is 16.3. The van der Waals surface area contributed by atoms with E-state index in [0.29, 0.717) is 32.2 Å². The van der Waals surface area contributed by atoms with E-state index in [9.17, 15) is 14.7 Å². The van der Waals surface area contributed by atoms with E-state index in [-0.39, 0.29) is 24.3 Å². The van der Waals surface area contributed by atoms with Gasteiger partial charge in [0.15, 0.2) is 0 Å². The summed E-state index contributed by atoms with van der Waals surface area (Å²) in [7, 11) is 0. The van der Waals surface area contributed by atoms with E-state index in [1.165, 1.54) is 0 Å². The van der Waals surface area contributed by atoms with Gasteiger partial charge in [0.25, 0.3) is 0 Å². The Balaban J connectivity index is 2.41. The molecular weight excluding hydrogens is 244 g/mol. The third-order valence-electron chi connectivity index (χ3n) is 3.55. The summed E-state index contributed by atoms with van der Waals surface area (Å²) < 4.78 is 0. The zero-order valence-electron chi connectivity index (χ0n) is 12.0. The molecule has 0 aromatic rings. The molecule has 5 heteroatoms. The van der Waals surface area contributed by atoms with Crippen molar-refractivity contribution in [2.75, 3.05) is 6.54 Å². The predicted molar refractivity (Wildman–Crippen MR) is 73.6 cm³/mol. The molecule has 1 heterocycles. The molecule has 19 heavy (non-hydrogen) atoms. The summed E-state index contributed by atoms with van der Waals surface area (Å²) >= 11 is 0. The minimum absolute atomic E-state index is 0.00213. The molecule has 0 saturated carbocycles. The van der Waals surface area contributed by atoms with Crippen LogP contribution in [0.1, 0.15) is 58.8 Å². The van der Waals surface area contributed by atoms with Gasteiger partial charge in [0.05, 0.1) is 12.0 Å². The summed E-state index contributed by atoms with van der Waals surface area (Å²) in [5, 5.41) is 16.1. The highest BCUT2D eigenvalue weighted by Gasteiger charge is 2.29. The summed E-state index contributed by atoms with van der Waals surface area (Å²) in [5.74, 6) is -0.0791. The Hall–Kier alpha value is -1.10. The van der Waals surface area contributed by atoms with Gasteiger partial charge in [-0.05, 0) is 19.3 Å². The fraction of sp³-hybridized carbons (Fsp3) is 0.857. The van der Waals surface area contributed by atoms with E-state index in [2.05, 4.69) is 10.6 Å². The van der Waals surface area contributed by atoms with Gasteiger partial charge in [-0.2, -0.15) is 0 Å². The monoisotopic (exact) mass is 270 g/mol. The molecule has 0 aliphatic carbocycles. The molecule has 2 amide bonds. The second-order valence-electron chi connectivity index (χ2n) is 5.51. The van der Waals surface area contributed by atoms with E-state index >= 15 is 0 Å². The quantitative estimate of drug-likeness (QED) is 0.648. The average Bonchev–Trinajstić information content (AvgIpc) is 2.32. The second kappa shape index (κ2) is 7.48. The van der Waals surface area contributed by atoms with Gasteiger partial charge >= 0.3 is 0 Å². The van der Waals surface area contributed by atoms with E-state index in [1.807, 2.05) is 13.8 Å². The summed E-state index contributed by atoms with van der Waals surface area (Å²) in [4.78, 5) is 23.0. The Bertz CT molecular complexity index is 302. The van der Waals surface area contributed by atoms with Crippen molar-refractivity contribution in [1.29, 1.82) is 0 Å². The molecule has 1 saturated heterocycles. The van der Waals surface area contributed by atoms with Crippen LogP contribution in [0.15, 0.2) is 0 Å². The van der Waals surface area contributed by atoms with Gasteiger partial charge in [-0.15, -0.1) is 0 Å². The fourth-order valence-electron chi connectivity index (χ4n) is 2.67. The number of aliphatic hydroxyl groups is 1. The maximum atomic E-state index is 12.0. The van der Waals surface area contributed by atoms with E-state index < -0.39 is 5.60 Å². The van der Waals surface area contributed by atoms with Crippen LogP contribution in [0.3, 0.4) is 0 Å². The average molecular weight is 270 g/mol. The van der Waals surface area contributed by atoms with Crippen LogP contribution in [0.2, 0.25) is 0 Å². The molecule has 1 aliphatic heterocycles. The van der Waals surface area contributed by atoms with Crippen molar-refractivity contribution in [2.45, 2.75) is 70.4 Å². The second-order valence-corrected chi connectivity index (χ2v) is 5.51. The van der Waals surface area contributed by atoms with Crippen LogP contribution < -0.4 is 10.6 Å². The number of nitrogens with one attached hydrogen (secondary N) is 2. The Kier molecular flexibility index (Phi) is 6.28. The number of hydrogen-bond acceptors (Lipinski definition) is 3. The summed E-state index contributed by atoms with van der Waals surface area (Å²) in [6.45, 7) is 4.51. The van der Waals surface area contributed by atoms with Crippen LogP contribution in [0, 0.1) is 0 Å². The predicted octanol–water partition coefficient (Wildman–Crippen LogP) is 1.10. The van der Waals surface area contributed by atoms with Crippen LogP contribution in [0.4, 0.5) is 0 Å². The number of amides is 2. The number of piperidine rings is 1. The lowest BCUT2D eigenvalue weighted by Crippen LogP contribution is -2.49. The van der Waals surface area contributed by atoms with Gasteiger partial charge in [-0.25, -0.2) is 0 Å². The highest BCUT2D eigenvalue weighted by molar-refractivity contribution is 5.79. The van der Waals surface area contributed by atoms with Gasteiger partial charge in [0, 0.05) is 19.0 Å². The molecule has 0 bridgehead atoms. The first kappa shape index (κ1) is 16.0. The molecule has 1 aliphatic rings. The minimum atomic E-state index is -0.883. The Morgan fingerprint density at radius 1 is 1.42 bits per heavy atom. The van der Waals surface area contributed by atoms with E-state index in [1.54, 1.807) is 0 Å². The van der Waals surface area contributed by atoms with Crippen LogP contribution in [-0.4, -0.2) is 35.1 Å². The van der Waals surface area contributed by atoms with Crippen molar-refractivity contribution in [1.82, 2.24) is 10.6 Å². The lowest BCUT2D eigenvalue weighted by atomic mass is 9.89. The summed E-state index contributed by atoms with van der Waals surface area (Å²) in [6.07, 6.45) is 4.31. The van der Waals surface area contributed by atoms with Crippen molar-refractivity contribution < 1.29 is 14.7 Å². The van der Waals surface area contributed by atoms with Crippen molar-refractivity contribution in [2.24, 2.45) is 0 Å². The lowest BCUT2D eigenvalue weighted by Gasteiger charge is -2.29. The van der Waals surface area contributed by atoms with Gasteiger partial charge in [-0.1, -0.05) is 26.7 Å². The van der Waals surface area contributed by atoms with Gasteiger partial charge < -0.3 is 15.7 Å². The molecule has 0 spiro atoms. The van der Waals surface area contributed by atoms with Crippen LogP contribution in [0.5, 0.6) is 0 Å². The third-order valence-corrected chi connectivity index (χ3v) is 3.55. The fourth-order valence-corrected chi connectivity index (χ4v) is 2.67. The van der Waals surface area contributed by atoms with Crippen molar-refractivity contribution in [3.8, 4) is 0 Å². The number of carbonyl (C=O) groups is 2. The molecule has 1 fully saturated rings.